The molecule has 2 N–H and O–H groups in total. The van der Waals surface area contributed by atoms with Crippen LogP contribution in [-0.2, 0) is 6.54 Å². The van der Waals surface area contributed by atoms with Crippen LogP contribution in [0.3, 0.4) is 0 Å². The van der Waals surface area contributed by atoms with Gasteiger partial charge in [0.05, 0.1) is 0 Å². The van der Waals surface area contributed by atoms with Crippen LogP contribution >= 0.6 is 11.6 Å². The summed E-state index contributed by atoms with van der Waals surface area (Å²) in [6, 6.07) is 20.6. The van der Waals surface area contributed by atoms with E-state index in [1.54, 1.807) is 0 Å². The molecule has 1 nitrogen and oxygen atoms in total. The lowest BCUT2D eigenvalue weighted by atomic mass is 9.97. The molecule has 0 aliphatic rings. The fourth-order valence-electron chi connectivity index (χ4n) is 2.36. The van der Waals surface area contributed by atoms with Crippen molar-refractivity contribution in [3.63, 3.8) is 0 Å². The lowest BCUT2D eigenvalue weighted by Gasteiger charge is -2.10. The smallest absolute Gasteiger partial charge is 0.0487 e. The van der Waals surface area contributed by atoms with Crippen molar-refractivity contribution in [3.8, 4) is 11.1 Å². The highest BCUT2D eigenvalue weighted by Crippen LogP contribution is 2.33. The van der Waals surface area contributed by atoms with Gasteiger partial charge < -0.3 is 5.73 Å². The predicted octanol–water partition coefficient (Wildman–Crippen LogP) is 4.62. The summed E-state index contributed by atoms with van der Waals surface area (Å²) < 4.78 is 0. The summed E-state index contributed by atoms with van der Waals surface area (Å²) >= 11 is 6.39. The van der Waals surface area contributed by atoms with E-state index >= 15 is 0 Å². The van der Waals surface area contributed by atoms with Gasteiger partial charge in [0, 0.05) is 17.1 Å². The van der Waals surface area contributed by atoms with Crippen LogP contribution in [0.5, 0.6) is 0 Å². The molecule has 0 unspecified atom stereocenters. The molecular formula is C17H14ClN. The SMILES string of the molecule is NCc1ccc(-c2cccc3ccccc23)c(Cl)c1. The van der Waals surface area contributed by atoms with Crippen molar-refractivity contribution in [2.45, 2.75) is 6.54 Å². The summed E-state index contributed by atoms with van der Waals surface area (Å²) in [7, 11) is 0. The van der Waals surface area contributed by atoms with Crippen LogP contribution < -0.4 is 5.73 Å². The number of halogens is 1. The summed E-state index contributed by atoms with van der Waals surface area (Å²) in [5, 5.41) is 3.19. The lowest BCUT2D eigenvalue weighted by molar-refractivity contribution is 1.07. The summed E-state index contributed by atoms with van der Waals surface area (Å²) in [5.41, 5.74) is 8.90. The van der Waals surface area contributed by atoms with Gasteiger partial charge in [-0.25, -0.2) is 0 Å². The molecule has 19 heavy (non-hydrogen) atoms. The molecule has 0 heterocycles. The third-order valence-electron chi connectivity index (χ3n) is 3.35. The van der Waals surface area contributed by atoms with Crippen LogP contribution in [0, 0.1) is 0 Å². The molecule has 0 aromatic heterocycles. The zero-order chi connectivity index (χ0) is 13.2. The molecule has 94 valence electrons. The molecule has 0 radical (unpaired) electrons. The fourth-order valence-corrected chi connectivity index (χ4v) is 2.67. The normalized spacial score (nSPS) is 10.8. The van der Waals surface area contributed by atoms with Crippen LogP contribution in [0.15, 0.2) is 60.7 Å². The summed E-state index contributed by atoms with van der Waals surface area (Å²) in [5.74, 6) is 0. The number of rotatable bonds is 2. The highest BCUT2D eigenvalue weighted by atomic mass is 35.5. The van der Waals surface area contributed by atoms with E-state index in [-0.39, 0.29) is 0 Å². The van der Waals surface area contributed by atoms with Crippen LogP contribution in [0.2, 0.25) is 5.02 Å². The number of hydrogen-bond donors (Lipinski definition) is 1. The second-order valence-electron chi connectivity index (χ2n) is 4.55. The van der Waals surface area contributed by atoms with Gasteiger partial charge in [0.25, 0.3) is 0 Å². The van der Waals surface area contributed by atoms with Crippen LogP contribution in [0.4, 0.5) is 0 Å². The van der Waals surface area contributed by atoms with Gasteiger partial charge in [0.15, 0.2) is 0 Å². The van der Waals surface area contributed by atoms with Gasteiger partial charge in [-0.1, -0.05) is 66.2 Å². The zero-order valence-corrected chi connectivity index (χ0v) is 11.2. The summed E-state index contributed by atoms with van der Waals surface area (Å²) in [6.45, 7) is 0.509. The second kappa shape index (κ2) is 5.04. The molecule has 0 saturated carbocycles. The Labute approximate surface area is 117 Å². The van der Waals surface area contributed by atoms with Crippen molar-refractivity contribution in [3.05, 3.63) is 71.2 Å². The second-order valence-corrected chi connectivity index (χ2v) is 4.95. The monoisotopic (exact) mass is 267 g/mol. The third kappa shape index (κ3) is 2.23. The highest BCUT2D eigenvalue weighted by Gasteiger charge is 2.07. The summed E-state index contributed by atoms with van der Waals surface area (Å²) in [4.78, 5) is 0. The van der Waals surface area contributed by atoms with E-state index in [1.807, 2.05) is 30.3 Å². The number of fused-ring (bicyclic) bond motifs is 1. The molecule has 0 atom stereocenters. The van der Waals surface area contributed by atoms with Gasteiger partial charge in [-0.05, 0) is 28.0 Å². The van der Waals surface area contributed by atoms with E-state index in [2.05, 4.69) is 30.3 Å². The Hall–Kier alpha value is -1.83. The summed E-state index contributed by atoms with van der Waals surface area (Å²) in [6.07, 6.45) is 0. The topological polar surface area (TPSA) is 26.0 Å². The van der Waals surface area contributed by atoms with Crippen molar-refractivity contribution < 1.29 is 0 Å². The van der Waals surface area contributed by atoms with Crippen molar-refractivity contribution >= 4 is 22.4 Å². The Morgan fingerprint density at radius 2 is 1.63 bits per heavy atom. The fraction of sp³-hybridized carbons (Fsp3) is 0.0588. The van der Waals surface area contributed by atoms with Gasteiger partial charge in [0.1, 0.15) is 0 Å². The van der Waals surface area contributed by atoms with Crippen molar-refractivity contribution in [2.75, 3.05) is 0 Å². The third-order valence-corrected chi connectivity index (χ3v) is 3.66. The molecule has 0 aliphatic carbocycles. The molecule has 3 aromatic rings. The first-order valence-electron chi connectivity index (χ1n) is 6.26. The van der Waals surface area contributed by atoms with E-state index in [1.165, 1.54) is 10.8 Å². The molecule has 0 amide bonds. The Morgan fingerprint density at radius 3 is 2.42 bits per heavy atom. The quantitative estimate of drug-likeness (QED) is 0.720. The first-order chi connectivity index (χ1) is 9.29. The minimum absolute atomic E-state index is 0.509. The largest absolute Gasteiger partial charge is 0.326 e. The number of hydrogen-bond acceptors (Lipinski definition) is 1. The standard InChI is InChI=1S/C17H14ClN/c18-17-10-12(11-19)8-9-16(17)15-7-3-5-13-4-1-2-6-14(13)15/h1-10H,11,19H2. The average molecular weight is 268 g/mol. The van der Waals surface area contributed by atoms with Gasteiger partial charge in [-0.15, -0.1) is 0 Å². The minimum atomic E-state index is 0.509. The maximum absolute atomic E-state index is 6.39. The maximum Gasteiger partial charge on any atom is 0.0487 e. The van der Waals surface area contributed by atoms with E-state index in [0.29, 0.717) is 6.54 Å². The highest BCUT2D eigenvalue weighted by molar-refractivity contribution is 6.33. The Bertz CT molecular complexity index is 729. The molecule has 0 bridgehead atoms. The van der Waals surface area contributed by atoms with Crippen LogP contribution in [0.1, 0.15) is 5.56 Å². The van der Waals surface area contributed by atoms with Gasteiger partial charge in [-0.3, -0.25) is 0 Å². The van der Waals surface area contributed by atoms with E-state index in [9.17, 15) is 0 Å². The van der Waals surface area contributed by atoms with Crippen molar-refractivity contribution in [2.24, 2.45) is 5.73 Å². The molecule has 2 heteroatoms. The molecular weight excluding hydrogens is 254 g/mol. The van der Waals surface area contributed by atoms with Crippen molar-refractivity contribution in [1.29, 1.82) is 0 Å². The predicted molar refractivity (Wildman–Crippen MR) is 82.3 cm³/mol. The number of benzene rings is 3. The molecule has 3 aromatic carbocycles. The Balaban J connectivity index is 2.24. The zero-order valence-electron chi connectivity index (χ0n) is 10.4. The lowest BCUT2D eigenvalue weighted by Crippen LogP contribution is -1.96. The van der Waals surface area contributed by atoms with Crippen LogP contribution in [0.25, 0.3) is 21.9 Å². The Kier molecular flexibility index (Phi) is 3.24. The van der Waals surface area contributed by atoms with Gasteiger partial charge in [0.2, 0.25) is 0 Å². The average Bonchev–Trinajstić information content (AvgIpc) is 2.46. The first-order valence-corrected chi connectivity index (χ1v) is 6.64. The molecule has 3 rings (SSSR count). The van der Waals surface area contributed by atoms with Gasteiger partial charge >= 0.3 is 0 Å². The Morgan fingerprint density at radius 1 is 0.842 bits per heavy atom. The molecule has 0 spiro atoms. The minimum Gasteiger partial charge on any atom is -0.326 e. The molecule has 0 aliphatic heterocycles. The van der Waals surface area contributed by atoms with Crippen LogP contribution in [-0.4, -0.2) is 0 Å². The molecule has 0 saturated heterocycles. The first kappa shape index (κ1) is 12.2. The van der Waals surface area contributed by atoms with Crippen molar-refractivity contribution in [1.82, 2.24) is 0 Å². The van der Waals surface area contributed by atoms with E-state index < -0.39 is 0 Å². The number of nitrogens with two attached hydrogens (primary N) is 1. The van der Waals surface area contributed by atoms with E-state index in [0.717, 1.165) is 21.7 Å². The van der Waals surface area contributed by atoms with Gasteiger partial charge in [-0.2, -0.15) is 0 Å². The molecule has 0 fully saturated rings. The van der Waals surface area contributed by atoms with E-state index in [4.69, 9.17) is 17.3 Å². The maximum atomic E-state index is 6.39.